The largest absolute Gasteiger partial charge is 0.309 e. The second kappa shape index (κ2) is 15.5. The first-order chi connectivity index (χ1) is 26.5. The number of hydrogen-bond acceptors (Lipinski definition) is 0. The predicted molar refractivity (Wildman–Crippen MR) is 234 cm³/mol. The predicted octanol–water partition coefficient (Wildman–Crippen LogP) is 14.7. The smallest absolute Gasteiger partial charge is 0.0547 e. The highest BCUT2D eigenvalue weighted by Crippen LogP contribution is 2.35. The summed E-state index contributed by atoms with van der Waals surface area (Å²) in [7, 11) is 0. The Balaban J connectivity index is 0.000000152. The molecule has 1 heterocycles. The number of hydrogen-bond donors (Lipinski definition) is 0. The van der Waals surface area contributed by atoms with Gasteiger partial charge < -0.3 is 4.57 Å². The number of fused-ring (bicyclic) bond motifs is 5. The van der Waals surface area contributed by atoms with E-state index < -0.39 is 0 Å². The van der Waals surface area contributed by atoms with Crippen molar-refractivity contribution in [1.82, 2.24) is 4.57 Å². The number of aryl methyl sites for hydroxylation is 3. The van der Waals surface area contributed by atoms with Gasteiger partial charge in [0.25, 0.3) is 0 Å². The van der Waals surface area contributed by atoms with E-state index in [1.807, 2.05) is 0 Å². The van der Waals surface area contributed by atoms with Crippen LogP contribution in [0.4, 0.5) is 0 Å². The molecule has 1 aromatic heterocycles. The monoisotopic (exact) mass is 693 g/mol. The average molecular weight is 694 g/mol. The lowest BCUT2D eigenvalue weighted by Crippen LogP contribution is -1.94. The molecule has 260 valence electrons. The molecule has 0 saturated carbocycles. The van der Waals surface area contributed by atoms with Gasteiger partial charge in [-0.3, -0.25) is 0 Å². The number of aromatic nitrogens is 1. The molecule has 0 bridgehead atoms. The fraction of sp³-hybridized carbons (Fsp3) is 0.0566. The molecular formula is C53H43N. The van der Waals surface area contributed by atoms with Crippen molar-refractivity contribution in [3.05, 3.63) is 223 Å². The average Bonchev–Trinajstić information content (AvgIpc) is 3.56. The lowest BCUT2D eigenvalue weighted by Gasteiger charge is -2.10. The molecule has 9 aromatic carbocycles. The number of para-hydroxylation sites is 1. The maximum atomic E-state index is 2.39. The zero-order valence-corrected chi connectivity index (χ0v) is 31.1. The van der Waals surface area contributed by atoms with Gasteiger partial charge >= 0.3 is 0 Å². The summed E-state index contributed by atoms with van der Waals surface area (Å²) in [4.78, 5) is 0. The molecule has 0 fully saturated rings. The van der Waals surface area contributed by atoms with Crippen molar-refractivity contribution in [3.63, 3.8) is 0 Å². The second-order valence-corrected chi connectivity index (χ2v) is 14.0. The van der Waals surface area contributed by atoms with Crippen molar-refractivity contribution in [3.8, 4) is 27.9 Å². The van der Waals surface area contributed by atoms with Gasteiger partial charge in [-0.25, -0.2) is 0 Å². The Morgan fingerprint density at radius 2 is 0.759 bits per heavy atom. The van der Waals surface area contributed by atoms with Crippen molar-refractivity contribution in [2.45, 2.75) is 20.8 Å². The molecule has 0 spiro atoms. The van der Waals surface area contributed by atoms with E-state index in [2.05, 4.69) is 232 Å². The Bertz CT molecular complexity index is 2750. The van der Waals surface area contributed by atoms with E-state index in [1.54, 1.807) is 0 Å². The van der Waals surface area contributed by atoms with Gasteiger partial charge in [0, 0.05) is 16.5 Å². The molecule has 10 rings (SSSR count). The lowest BCUT2D eigenvalue weighted by molar-refractivity contribution is 1.18. The third-order valence-electron chi connectivity index (χ3n) is 10.3. The van der Waals surface area contributed by atoms with Crippen LogP contribution in [0, 0.1) is 20.8 Å². The van der Waals surface area contributed by atoms with Gasteiger partial charge in [-0.2, -0.15) is 0 Å². The third-order valence-corrected chi connectivity index (χ3v) is 10.3. The van der Waals surface area contributed by atoms with Crippen LogP contribution in [0.25, 0.3) is 71.3 Å². The molecule has 0 N–H and O–H groups in total. The Hall–Kier alpha value is -6.70. The Labute approximate surface area is 318 Å². The van der Waals surface area contributed by atoms with E-state index in [9.17, 15) is 0 Å². The number of benzene rings is 9. The van der Waals surface area contributed by atoms with Gasteiger partial charge in [-0.05, 0) is 100.0 Å². The standard InChI is InChI=1S/C31H23N.2C11H10/c1-22-8-7-11-25(20-22)26-16-19-29-28-12-5-6-13-30(28)32(31(29)21-26)27-17-14-24(15-18-27)23-9-3-2-4-10-23;2*1-9-5-4-7-10-6-2-3-8-11(9)10/h2-21H,1H3;2*2-8H,1H3. The summed E-state index contributed by atoms with van der Waals surface area (Å²) < 4.78 is 2.39. The normalized spacial score (nSPS) is 10.9. The highest BCUT2D eigenvalue weighted by molar-refractivity contribution is 6.10. The van der Waals surface area contributed by atoms with Gasteiger partial charge in [-0.15, -0.1) is 0 Å². The zero-order chi connectivity index (χ0) is 36.9. The molecule has 0 aliphatic heterocycles. The topological polar surface area (TPSA) is 4.93 Å². The Morgan fingerprint density at radius 1 is 0.296 bits per heavy atom. The van der Waals surface area contributed by atoms with E-state index >= 15 is 0 Å². The van der Waals surface area contributed by atoms with Crippen LogP contribution in [0.3, 0.4) is 0 Å². The van der Waals surface area contributed by atoms with E-state index in [-0.39, 0.29) is 0 Å². The molecule has 0 aliphatic carbocycles. The van der Waals surface area contributed by atoms with E-state index in [1.165, 1.54) is 88.0 Å². The minimum Gasteiger partial charge on any atom is -0.309 e. The minimum atomic E-state index is 1.18. The number of nitrogens with zero attached hydrogens (tertiary/aromatic N) is 1. The van der Waals surface area contributed by atoms with Crippen molar-refractivity contribution < 1.29 is 0 Å². The summed E-state index contributed by atoms with van der Waals surface area (Å²) in [6.45, 7) is 6.43. The van der Waals surface area contributed by atoms with Gasteiger partial charge in [0.2, 0.25) is 0 Å². The molecule has 1 heteroatoms. The van der Waals surface area contributed by atoms with Crippen molar-refractivity contribution in [2.24, 2.45) is 0 Å². The highest BCUT2D eigenvalue weighted by Gasteiger charge is 2.13. The summed E-state index contributed by atoms with van der Waals surface area (Å²) >= 11 is 0. The van der Waals surface area contributed by atoms with Crippen molar-refractivity contribution >= 4 is 43.4 Å². The van der Waals surface area contributed by atoms with Crippen LogP contribution in [0.1, 0.15) is 16.7 Å². The maximum absolute atomic E-state index is 2.39. The van der Waals surface area contributed by atoms with Gasteiger partial charge in [0.1, 0.15) is 0 Å². The Morgan fingerprint density at radius 3 is 1.39 bits per heavy atom. The van der Waals surface area contributed by atoms with Gasteiger partial charge in [-0.1, -0.05) is 188 Å². The minimum absolute atomic E-state index is 1.18. The summed E-state index contributed by atoms with van der Waals surface area (Å²) in [6.07, 6.45) is 0. The van der Waals surface area contributed by atoms with E-state index in [0.717, 1.165) is 0 Å². The molecular weight excluding hydrogens is 651 g/mol. The van der Waals surface area contributed by atoms with Crippen LogP contribution in [-0.2, 0) is 0 Å². The van der Waals surface area contributed by atoms with Crippen LogP contribution in [0.5, 0.6) is 0 Å². The molecule has 54 heavy (non-hydrogen) atoms. The second-order valence-electron chi connectivity index (χ2n) is 14.0. The molecule has 0 atom stereocenters. The van der Waals surface area contributed by atoms with E-state index in [4.69, 9.17) is 0 Å². The van der Waals surface area contributed by atoms with Crippen molar-refractivity contribution in [1.29, 1.82) is 0 Å². The lowest BCUT2D eigenvalue weighted by atomic mass is 10.0. The fourth-order valence-electron chi connectivity index (χ4n) is 7.46. The zero-order valence-electron chi connectivity index (χ0n) is 31.1. The quantitative estimate of drug-likeness (QED) is 0.174. The first kappa shape index (κ1) is 34.4. The van der Waals surface area contributed by atoms with Gasteiger partial charge in [0.15, 0.2) is 0 Å². The SMILES string of the molecule is Cc1cccc(-c2ccc3c4ccccc4n(-c4ccc(-c5ccccc5)cc4)c3c2)c1.Cc1cccc2ccccc12.Cc1cccc2ccccc12. The van der Waals surface area contributed by atoms with Gasteiger partial charge in [0.05, 0.1) is 11.0 Å². The fourth-order valence-corrected chi connectivity index (χ4v) is 7.46. The first-order valence-corrected chi connectivity index (χ1v) is 18.7. The molecule has 0 unspecified atom stereocenters. The summed E-state index contributed by atoms with van der Waals surface area (Å²) in [5.74, 6) is 0. The highest BCUT2D eigenvalue weighted by atomic mass is 15.0. The molecule has 0 radical (unpaired) electrons. The summed E-state index contributed by atoms with van der Waals surface area (Å²) in [6, 6.07) is 73.3. The van der Waals surface area contributed by atoms with Crippen LogP contribution in [0.2, 0.25) is 0 Å². The van der Waals surface area contributed by atoms with Crippen LogP contribution >= 0.6 is 0 Å². The van der Waals surface area contributed by atoms with Crippen LogP contribution in [0.15, 0.2) is 206 Å². The summed E-state index contributed by atoms with van der Waals surface area (Å²) in [5.41, 5.74) is 12.6. The Kier molecular flexibility index (Phi) is 9.87. The molecule has 0 amide bonds. The molecule has 10 aromatic rings. The van der Waals surface area contributed by atoms with Crippen LogP contribution < -0.4 is 0 Å². The third kappa shape index (κ3) is 7.18. The van der Waals surface area contributed by atoms with Crippen molar-refractivity contribution in [2.75, 3.05) is 0 Å². The van der Waals surface area contributed by atoms with Crippen LogP contribution in [-0.4, -0.2) is 4.57 Å². The summed E-state index contributed by atoms with van der Waals surface area (Å²) in [5, 5.41) is 7.93. The molecule has 1 nitrogen and oxygen atoms in total. The number of rotatable bonds is 3. The first-order valence-electron chi connectivity index (χ1n) is 18.7. The maximum Gasteiger partial charge on any atom is 0.0547 e. The molecule has 0 saturated heterocycles. The molecule has 0 aliphatic rings. The van der Waals surface area contributed by atoms with E-state index in [0.29, 0.717) is 0 Å².